The lowest BCUT2D eigenvalue weighted by Crippen LogP contribution is -2.41. The number of carbonyl (C=O) groups is 1. The van der Waals surface area contributed by atoms with Crippen LogP contribution in [-0.2, 0) is 11.2 Å². The predicted molar refractivity (Wildman–Crippen MR) is 88.1 cm³/mol. The SMILES string of the molecule is C[C@@H](C(=O)Nc1ccc2c(c1)OCO2)N1CCc2ccccc21. The quantitative estimate of drug-likeness (QED) is 0.947. The van der Waals surface area contributed by atoms with Gasteiger partial charge in [-0.25, -0.2) is 0 Å². The minimum absolute atomic E-state index is 0.0273. The number of carbonyl (C=O) groups excluding carboxylic acids is 1. The van der Waals surface area contributed by atoms with Gasteiger partial charge in [-0.05, 0) is 37.1 Å². The Bertz CT molecular complexity index is 760. The third-order valence-electron chi connectivity index (χ3n) is 4.41. The molecule has 2 aromatic rings. The average molecular weight is 310 g/mol. The first kappa shape index (κ1) is 13.9. The number of anilines is 2. The lowest BCUT2D eigenvalue weighted by Gasteiger charge is -2.26. The second kappa shape index (κ2) is 5.50. The zero-order chi connectivity index (χ0) is 15.8. The zero-order valence-corrected chi connectivity index (χ0v) is 12.9. The smallest absolute Gasteiger partial charge is 0.246 e. The largest absolute Gasteiger partial charge is 0.454 e. The number of rotatable bonds is 3. The molecule has 1 atom stereocenters. The van der Waals surface area contributed by atoms with Gasteiger partial charge >= 0.3 is 0 Å². The molecule has 0 fully saturated rings. The lowest BCUT2D eigenvalue weighted by atomic mass is 10.1. The van der Waals surface area contributed by atoms with Crippen LogP contribution >= 0.6 is 0 Å². The zero-order valence-electron chi connectivity index (χ0n) is 12.9. The number of hydrogen-bond donors (Lipinski definition) is 1. The maximum Gasteiger partial charge on any atom is 0.246 e. The Hall–Kier alpha value is -2.69. The lowest BCUT2D eigenvalue weighted by molar-refractivity contribution is -0.117. The van der Waals surface area contributed by atoms with Crippen molar-refractivity contribution >= 4 is 17.3 Å². The van der Waals surface area contributed by atoms with Crippen molar-refractivity contribution in [2.75, 3.05) is 23.6 Å². The maximum absolute atomic E-state index is 12.6. The highest BCUT2D eigenvalue weighted by Crippen LogP contribution is 2.34. The Morgan fingerprint density at radius 1 is 1.17 bits per heavy atom. The number of para-hydroxylation sites is 1. The Kier molecular flexibility index (Phi) is 3.33. The maximum atomic E-state index is 12.6. The van der Waals surface area contributed by atoms with E-state index in [0.717, 1.165) is 24.3 Å². The first-order valence-electron chi connectivity index (χ1n) is 7.77. The molecule has 1 amide bonds. The molecular formula is C18H18N2O3. The van der Waals surface area contributed by atoms with Gasteiger partial charge in [0.15, 0.2) is 11.5 Å². The van der Waals surface area contributed by atoms with Crippen LogP contribution in [0.25, 0.3) is 0 Å². The van der Waals surface area contributed by atoms with E-state index < -0.39 is 0 Å². The van der Waals surface area contributed by atoms with Crippen molar-refractivity contribution in [2.24, 2.45) is 0 Å². The summed E-state index contributed by atoms with van der Waals surface area (Å²) in [6.45, 7) is 3.03. The topological polar surface area (TPSA) is 50.8 Å². The van der Waals surface area contributed by atoms with Crippen LogP contribution in [0.4, 0.5) is 11.4 Å². The summed E-state index contributed by atoms with van der Waals surface area (Å²) in [6, 6.07) is 13.5. The minimum atomic E-state index is -0.232. The van der Waals surface area contributed by atoms with Crippen molar-refractivity contribution in [1.29, 1.82) is 0 Å². The summed E-state index contributed by atoms with van der Waals surface area (Å²) in [5.74, 6) is 1.35. The third kappa shape index (κ3) is 2.48. The van der Waals surface area contributed by atoms with Crippen LogP contribution in [0.15, 0.2) is 42.5 Å². The first-order valence-corrected chi connectivity index (χ1v) is 7.77. The Morgan fingerprint density at radius 3 is 2.91 bits per heavy atom. The van der Waals surface area contributed by atoms with E-state index in [1.807, 2.05) is 31.2 Å². The van der Waals surface area contributed by atoms with Crippen molar-refractivity contribution in [1.82, 2.24) is 0 Å². The molecule has 0 unspecified atom stereocenters. The predicted octanol–water partition coefficient (Wildman–Crippen LogP) is 2.81. The fourth-order valence-electron chi connectivity index (χ4n) is 3.13. The summed E-state index contributed by atoms with van der Waals surface area (Å²) in [5, 5.41) is 2.96. The van der Waals surface area contributed by atoms with Gasteiger partial charge in [-0.3, -0.25) is 4.79 Å². The van der Waals surface area contributed by atoms with Crippen LogP contribution in [0.1, 0.15) is 12.5 Å². The monoisotopic (exact) mass is 310 g/mol. The van der Waals surface area contributed by atoms with Gasteiger partial charge in [0.25, 0.3) is 0 Å². The molecule has 0 spiro atoms. The van der Waals surface area contributed by atoms with E-state index in [1.165, 1.54) is 5.56 Å². The van der Waals surface area contributed by atoms with Gasteiger partial charge < -0.3 is 19.7 Å². The number of benzene rings is 2. The molecule has 118 valence electrons. The highest BCUT2D eigenvalue weighted by atomic mass is 16.7. The fourth-order valence-corrected chi connectivity index (χ4v) is 3.13. The third-order valence-corrected chi connectivity index (χ3v) is 4.41. The van der Waals surface area contributed by atoms with Crippen molar-refractivity contribution in [3.05, 3.63) is 48.0 Å². The van der Waals surface area contributed by atoms with Crippen molar-refractivity contribution in [3.8, 4) is 11.5 Å². The molecule has 2 aliphatic rings. The molecule has 2 aromatic carbocycles. The van der Waals surface area contributed by atoms with Crippen LogP contribution in [0, 0.1) is 0 Å². The van der Waals surface area contributed by atoms with Gasteiger partial charge in [0.05, 0.1) is 0 Å². The molecule has 0 aliphatic carbocycles. The van der Waals surface area contributed by atoms with Gasteiger partial charge in [0, 0.05) is 24.0 Å². The fraction of sp³-hybridized carbons (Fsp3) is 0.278. The van der Waals surface area contributed by atoms with E-state index in [0.29, 0.717) is 11.5 Å². The molecule has 0 saturated carbocycles. The molecule has 4 rings (SSSR count). The van der Waals surface area contributed by atoms with Crippen LogP contribution < -0.4 is 19.7 Å². The summed E-state index contributed by atoms with van der Waals surface area (Å²) >= 11 is 0. The molecule has 5 nitrogen and oxygen atoms in total. The van der Waals surface area contributed by atoms with Crippen LogP contribution in [0.2, 0.25) is 0 Å². The van der Waals surface area contributed by atoms with Crippen LogP contribution in [0.3, 0.4) is 0 Å². The molecule has 0 radical (unpaired) electrons. The number of hydrogen-bond acceptors (Lipinski definition) is 4. The van der Waals surface area contributed by atoms with E-state index in [-0.39, 0.29) is 18.7 Å². The molecule has 0 saturated heterocycles. The number of fused-ring (bicyclic) bond motifs is 2. The van der Waals surface area contributed by atoms with E-state index >= 15 is 0 Å². The van der Waals surface area contributed by atoms with Gasteiger partial charge in [0.2, 0.25) is 12.7 Å². The van der Waals surface area contributed by atoms with Gasteiger partial charge in [0.1, 0.15) is 6.04 Å². The van der Waals surface area contributed by atoms with Gasteiger partial charge in [-0.15, -0.1) is 0 Å². The summed E-state index contributed by atoms with van der Waals surface area (Å²) in [5.41, 5.74) is 3.18. The van der Waals surface area contributed by atoms with E-state index in [1.54, 1.807) is 6.07 Å². The second-order valence-electron chi connectivity index (χ2n) is 5.81. The molecule has 0 aromatic heterocycles. The summed E-state index contributed by atoms with van der Waals surface area (Å²) in [6.07, 6.45) is 0.984. The molecule has 1 N–H and O–H groups in total. The number of amides is 1. The summed E-state index contributed by atoms with van der Waals surface area (Å²) < 4.78 is 10.6. The van der Waals surface area contributed by atoms with Crippen LogP contribution in [0.5, 0.6) is 11.5 Å². The minimum Gasteiger partial charge on any atom is -0.454 e. The normalized spacial score (nSPS) is 16.1. The van der Waals surface area contributed by atoms with E-state index in [9.17, 15) is 4.79 Å². The number of ether oxygens (including phenoxy) is 2. The summed E-state index contributed by atoms with van der Waals surface area (Å²) in [4.78, 5) is 14.7. The van der Waals surface area contributed by atoms with Crippen molar-refractivity contribution in [2.45, 2.75) is 19.4 Å². The molecule has 0 bridgehead atoms. The number of nitrogens with one attached hydrogen (secondary N) is 1. The Labute approximate surface area is 134 Å². The number of nitrogens with zero attached hydrogens (tertiary/aromatic N) is 1. The average Bonchev–Trinajstić information content (AvgIpc) is 3.20. The van der Waals surface area contributed by atoms with Crippen molar-refractivity contribution < 1.29 is 14.3 Å². The van der Waals surface area contributed by atoms with Crippen molar-refractivity contribution in [3.63, 3.8) is 0 Å². The van der Waals surface area contributed by atoms with Gasteiger partial charge in [-0.2, -0.15) is 0 Å². The Morgan fingerprint density at radius 2 is 2.00 bits per heavy atom. The highest BCUT2D eigenvalue weighted by molar-refractivity contribution is 5.97. The molecule has 5 heteroatoms. The summed E-state index contributed by atoms with van der Waals surface area (Å²) in [7, 11) is 0. The first-order chi connectivity index (χ1) is 11.2. The Balaban J connectivity index is 1.49. The van der Waals surface area contributed by atoms with E-state index in [4.69, 9.17) is 9.47 Å². The van der Waals surface area contributed by atoms with Crippen LogP contribution in [-0.4, -0.2) is 25.3 Å². The molecule has 2 aliphatic heterocycles. The standard InChI is InChI=1S/C18H18N2O3/c1-12(20-9-8-13-4-2-3-5-15(13)20)18(21)19-14-6-7-16-17(10-14)23-11-22-16/h2-7,10,12H,8-9,11H2,1H3,(H,19,21)/t12-/m0/s1. The second-order valence-corrected chi connectivity index (χ2v) is 5.81. The van der Waals surface area contributed by atoms with E-state index in [2.05, 4.69) is 22.3 Å². The van der Waals surface area contributed by atoms with Gasteiger partial charge in [-0.1, -0.05) is 18.2 Å². The highest BCUT2D eigenvalue weighted by Gasteiger charge is 2.27. The molecule has 23 heavy (non-hydrogen) atoms. The molecular weight excluding hydrogens is 292 g/mol. The molecule has 2 heterocycles.